The number of nitrogens with one attached hydrogen (secondary N) is 4. The molecule has 5 aromatic rings. The molecule has 0 unspecified atom stereocenters. The Labute approximate surface area is 377 Å². The van der Waals surface area contributed by atoms with E-state index >= 15 is 13.2 Å². The number of pyridine rings is 1. The summed E-state index contributed by atoms with van der Waals surface area (Å²) in [4.78, 5) is 64.1. The molecule has 0 spiro atoms. The van der Waals surface area contributed by atoms with E-state index in [1.807, 2.05) is 29.0 Å². The van der Waals surface area contributed by atoms with Crippen LogP contribution in [0.15, 0.2) is 73.1 Å². The molecule has 0 radical (unpaired) electrons. The average Bonchev–Trinajstić information content (AvgIpc) is 3.95. The molecule has 4 aliphatic rings. The number of benzene rings is 3. The third-order valence-corrected chi connectivity index (χ3v) is 14.4. The average molecular weight is 930 g/mol. The number of aromatic nitrogens is 2. The lowest BCUT2D eigenvalue weighted by Gasteiger charge is -2.40. The van der Waals surface area contributed by atoms with Crippen molar-refractivity contribution in [2.24, 2.45) is 5.92 Å². The van der Waals surface area contributed by atoms with Gasteiger partial charge in [-0.05, 0) is 85.7 Å². The molecule has 0 saturated carbocycles. The number of piperidine rings is 2. The van der Waals surface area contributed by atoms with Crippen molar-refractivity contribution >= 4 is 61.8 Å². The summed E-state index contributed by atoms with van der Waals surface area (Å²) in [5, 5.41) is 5.02. The summed E-state index contributed by atoms with van der Waals surface area (Å²) in [6.45, 7) is 5.39. The van der Waals surface area contributed by atoms with Crippen LogP contribution in [0.3, 0.4) is 0 Å². The van der Waals surface area contributed by atoms with Crippen molar-refractivity contribution in [1.82, 2.24) is 29.8 Å². The molecule has 346 valence electrons. The van der Waals surface area contributed by atoms with E-state index < -0.39 is 81.2 Å². The molecule has 4 N–H and O–H groups in total. The zero-order chi connectivity index (χ0) is 46.3. The van der Waals surface area contributed by atoms with Crippen molar-refractivity contribution < 1.29 is 45.2 Å². The fourth-order valence-corrected chi connectivity index (χ4v) is 10.4. The Morgan fingerprint density at radius 3 is 2.21 bits per heavy atom. The molecular formula is C46H47F4N9O6S. The van der Waals surface area contributed by atoms with E-state index in [1.54, 1.807) is 18.3 Å². The topological polar surface area (TPSA) is 180 Å². The summed E-state index contributed by atoms with van der Waals surface area (Å²) >= 11 is 0. The summed E-state index contributed by atoms with van der Waals surface area (Å²) in [5.41, 5.74) is 1.71. The molecule has 6 heterocycles. The van der Waals surface area contributed by atoms with Gasteiger partial charge in [0.15, 0.2) is 5.82 Å². The number of amides is 3. The van der Waals surface area contributed by atoms with Crippen LogP contribution in [0.1, 0.15) is 58.4 Å². The molecule has 0 aliphatic carbocycles. The number of H-pyrrole nitrogens is 1. The third-order valence-electron chi connectivity index (χ3n) is 12.9. The lowest BCUT2D eigenvalue weighted by Crippen LogP contribution is -2.52. The Hall–Kier alpha value is -6.38. The number of piperazine rings is 1. The third kappa shape index (κ3) is 9.34. The fourth-order valence-electron chi connectivity index (χ4n) is 9.18. The summed E-state index contributed by atoms with van der Waals surface area (Å²) in [6.07, 6.45) is 3.72. The van der Waals surface area contributed by atoms with Gasteiger partial charge in [-0.15, -0.1) is 0 Å². The number of alkyl halides is 1. The van der Waals surface area contributed by atoms with Gasteiger partial charge in [0.2, 0.25) is 17.6 Å². The molecule has 20 heteroatoms. The summed E-state index contributed by atoms with van der Waals surface area (Å²) < 4.78 is 88.2. The largest absolute Gasteiger partial charge is 0.371 e. The number of imide groups is 1. The first-order valence-corrected chi connectivity index (χ1v) is 23.3. The molecule has 4 saturated heterocycles. The van der Waals surface area contributed by atoms with Crippen molar-refractivity contribution in [2.75, 3.05) is 73.4 Å². The first kappa shape index (κ1) is 44.8. The van der Waals surface area contributed by atoms with E-state index in [4.69, 9.17) is 0 Å². The zero-order valence-electron chi connectivity index (χ0n) is 35.7. The lowest BCUT2D eigenvalue weighted by atomic mass is 9.95. The molecule has 0 bridgehead atoms. The van der Waals surface area contributed by atoms with E-state index in [0.29, 0.717) is 28.2 Å². The Morgan fingerprint density at radius 1 is 0.788 bits per heavy atom. The summed E-state index contributed by atoms with van der Waals surface area (Å²) in [7, 11) is -4.36. The first-order valence-electron chi connectivity index (χ1n) is 21.9. The second-order valence-electron chi connectivity index (χ2n) is 17.2. The minimum Gasteiger partial charge on any atom is -0.371 e. The van der Waals surface area contributed by atoms with Gasteiger partial charge in [0, 0.05) is 106 Å². The highest BCUT2D eigenvalue weighted by atomic mass is 32.2. The quantitative estimate of drug-likeness (QED) is 0.0743. The molecule has 2 aromatic heterocycles. The van der Waals surface area contributed by atoms with Crippen LogP contribution in [0, 0.1) is 23.4 Å². The number of carbonyl (C=O) groups is 4. The minimum absolute atomic E-state index is 0.00369. The maximum absolute atomic E-state index is 15.7. The van der Waals surface area contributed by atoms with Crippen LogP contribution in [0.2, 0.25) is 0 Å². The number of ketones is 1. The van der Waals surface area contributed by atoms with E-state index in [1.165, 1.54) is 18.3 Å². The maximum atomic E-state index is 15.7. The summed E-state index contributed by atoms with van der Waals surface area (Å²) in [5.74, 6) is -5.48. The van der Waals surface area contributed by atoms with Crippen molar-refractivity contribution in [3.05, 3.63) is 107 Å². The van der Waals surface area contributed by atoms with Crippen LogP contribution in [0.5, 0.6) is 0 Å². The van der Waals surface area contributed by atoms with Gasteiger partial charge < -0.3 is 20.1 Å². The predicted octanol–water partition coefficient (Wildman–Crippen LogP) is 5.15. The standard InChI is InChI=1S/C46H47F4N9O6S/c47-30-13-16-59(26-30)66(64,65)55-38-8-7-36(48)41(42(38)50)43(61)35-24-52-44-34(35)21-29(23-51-44)28-1-3-31(4-2-28)58-19-17-56(18-20-58)25-27-11-14-57(15-12-27)32-5-6-33(37(49)22-32)45(62)53-39-9-10-40(60)54-46(39)63/h1-8,21-24,27,30,39,55H,9-20,25-26H2,(H,51,52)(H,53,62)(H,54,60,63)/t30-,39-/m1/s1. The highest BCUT2D eigenvalue weighted by Crippen LogP contribution is 2.32. The van der Waals surface area contributed by atoms with Gasteiger partial charge in [0.1, 0.15) is 29.5 Å². The molecule has 66 heavy (non-hydrogen) atoms. The maximum Gasteiger partial charge on any atom is 0.301 e. The SMILES string of the molecule is O=C1CC[C@@H](NC(=O)c2ccc(N3CCC(CN4CCN(c5ccc(-c6cnc7[nH]cc(C(=O)c8c(F)ccc(NS(=O)(=O)N9CC[C@@H](F)C9)c8F)c7c6)cc5)CC4)CC3)cc2F)C(=O)N1. The molecule has 3 amide bonds. The number of fused-ring (bicyclic) bond motifs is 1. The molecule has 3 aromatic carbocycles. The number of rotatable bonds is 12. The molecule has 9 rings (SSSR count). The molecule has 4 fully saturated rings. The Balaban J connectivity index is 0.774. The van der Waals surface area contributed by atoms with Crippen LogP contribution in [-0.4, -0.2) is 122 Å². The normalized spacial score (nSPS) is 20.2. The van der Waals surface area contributed by atoms with E-state index in [9.17, 15) is 32.0 Å². The lowest BCUT2D eigenvalue weighted by molar-refractivity contribution is -0.134. The second-order valence-corrected chi connectivity index (χ2v) is 18.9. The van der Waals surface area contributed by atoms with Gasteiger partial charge >= 0.3 is 10.2 Å². The zero-order valence-corrected chi connectivity index (χ0v) is 36.5. The highest BCUT2D eigenvalue weighted by molar-refractivity contribution is 7.90. The van der Waals surface area contributed by atoms with Crippen molar-refractivity contribution in [1.29, 1.82) is 0 Å². The smallest absolute Gasteiger partial charge is 0.301 e. The first-order chi connectivity index (χ1) is 31.7. The van der Waals surface area contributed by atoms with E-state index in [0.717, 1.165) is 86.3 Å². The number of nitrogens with zero attached hydrogens (tertiary/aromatic N) is 5. The molecule has 2 atom stereocenters. The van der Waals surface area contributed by atoms with Gasteiger partial charge in [-0.25, -0.2) is 22.5 Å². The number of aromatic amines is 1. The number of anilines is 3. The fraction of sp³-hybridized carbons (Fsp3) is 0.370. The monoisotopic (exact) mass is 929 g/mol. The molecular weight excluding hydrogens is 883 g/mol. The predicted molar refractivity (Wildman–Crippen MR) is 239 cm³/mol. The highest BCUT2D eigenvalue weighted by Gasteiger charge is 2.34. The van der Waals surface area contributed by atoms with Crippen LogP contribution in [-0.2, 0) is 19.8 Å². The van der Waals surface area contributed by atoms with Crippen molar-refractivity contribution in [3.8, 4) is 11.1 Å². The van der Waals surface area contributed by atoms with Crippen molar-refractivity contribution in [2.45, 2.75) is 44.3 Å². The Kier molecular flexibility index (Phi) is 12.5. The number of hydrogen-bond donors (Lipinski definition) is 4. The van der Waals surface area contributed by atoms with Gasteiger partial charge in [-0.2, -0.15) is 12.7 Å². The number of halogens is 4. The van der Waals surface area contributed by atoms with Crippen LogP contribution < -0.4 is 25.2 Å². The number of carbonyl (C=O) groups excluding carboxylic acids is 4. The van der Waals surface area contributed by atoms with Gasteiger partial charge in [-0.1, -0.05) is 12.1 Å². The Morgan fingerprint density at radius 2 is 1.52 bits per heavy atom. The van der Waals surface area contributed by atoms with Crippen LogP contribution >= 0.6 is 0 Å². The van der Waals surface area contributed by atoms with E-state index in [-0.39, 0.29) is 36.9 Å². The van der Waals surface area contributed by atoms with Crippen LogP contribution in [0.25, 0.3) is 22.2 Å². The van der Waals surface area contributed by atoms with Gasteiger partial charge in [0.25, 0.3) is 5.91 Å². The van der Waals surface area contributed by atoms with Gasteiger partial charge in [-0.3, -0.25) is 34.1 Å². The minimum atomic E-state index is -4.36. The Bertz CT molecular complexity index is 2810. The van der Waals surface area contributed by atoms with Crippen LogP contribution in [0.4, 0.5) is 34.6 Å². The van der Waals surface area contributed by atoms with E-state index in [2.05, 4.69) is 35.3 Å². The van der Waals surface area contributed by atoms with Crippen molar-refractivity contribution in [3.63, 3.8) is 0 Å². The molecule has 4 aliphatic heterocycles. The molecule has 15 nitrogen and oxygen atoms in total. The summed E-state index contributed by atoms with van der Waals surface area (Å²) in [6, 6.07) is 14.9. The number of hydrogen-bond acceptors (Lipinski definition) is 10. The second kappa shape index (κ2) is 18.5. The van der Waals surface area contributed by atoms with Gasteiger partial charge in [0.05, 0.1) is 16.8 Å².